The summed E-state index contributed by atoms with van der Waals surface area (Å²) < 4.78 is 80.8. The van der Waals surface area contributed by atoms with E-state index < -0.39 is 41.0 Å². The fourth-order valence-corrected chi connectivity index (χ4v) is 4.79. The Kier molecular flexibility index (Phi) is 12.0. The number of rotatable bonds is 6. The zero-order chi connectivity index (χ0) is 29.9. The molecule has 2 aromatic carbocycles. The van der Waals surface area contributed by atoms with Gasteiger partial charge < -0.3 is 10.2 Å². The lowest BCUT2D eigenvalue weighted by molar-refractivity contribution is -0.143. The van der Waals surface area contributed by atoms with Crippen LogP contribution in [0.25, 0.3) is 0 Å². The average molecular weight is 651 g/mol. The van der Waals surface area contributed by atoms with Crippen LogP contribution in [0.2, 0.25) is 0 Å². The Bertz CT molecular complexity index is 1390. The summed E-state index contributed by atoms with van der Waals surface area (Å²) in [5.74, 6) is -1.26. The normalized spacial score (nSPS) is 15.7. The minimum Gasteiger partial charge on any atom is -0.333 e. The molecule has 1 fully saturated rings. The topological polar surface area (TPSA) is 65.5 Å². The van der Waals surface area contributed by atoms with Crippen molar-refractivity contribution in [2.75, 3.05) is 31.5 Å². The van der Waals surface area contributed by atoms with E-state index in [4.69, 9.17) is 0 Å². The van der Waals surface area contributed by atoms with Crippen LogP contribution in [0.3, 0.4) is 0 Å². The van der Waals surface area contributed by atoms with Gasteiger partial charge in [-0.15, -0.1) is 24.8 Å². The van der Waals surface area contributed by atoms with E-state index in [-0.39, 0.29) is 63.0 Å². The van der Waals surface area contributed by atoms with Gasteiger partial charge in [-0.2, -0.15) is 26.3 Å². The first-order valence-electron chi connectivity index (χ1n) is 12.8. The van der Waals surface area contributed by atoms with Crippen molar-refractivity contribution in [1.29, 1.82) is 0 Å². The first-order chi connectivity index (χ1) is 19.2. The van der Waals surface area contributed by atoms with Crippen LogP contribution in [0.15, 0.2) is 60.9 Å². The standard InChI is InChI=1S/C29H28F6N4O2.2ClH/c1-18-5-6-20(10-19(18)2)11-25-16-38(17-26(40)37-24-4-3-7-36-15-24)8-9-39(25)27(41)21-12-22(28(30,31)32)14-23(13-21)29(33,34)35;;/h3-7,10,12-15,25H,8-9,11,16-17H2,1-2H3,(H,37,40);2*1H. The van der Waals surface area contributed by atoms with Crippen molar-refractivity contribution in [1.82, 2.24) is 14.8 Å². The van der Waals surface area contributed by atoms with Crippen LogP contribution in [0, 0.1) is 13.8 Å². The maximum atomic E-state index is 13.5. The van der Waals surface area contributed by atoms with E-state index in [0.29, 0.717) is 24.2 Å². The molecule has 14 heteroatoms. The van der Waals surface area contributed by atoms with Crippen LogP contribution < -0.4 is 5.32 Å². The second kappa shape index (κ2) is 14.4. The maximum Gasteiger partial charge on any atom is 0.416 e. The molecule has 43 heavy (non-hydrogen) atoms. The molecule has 1 aliphatic rings. The molecule has 1 aliphatic heterocycles. The first kappa shape index (κ1) is 35.8. The van der Waals surface area contributed by atoms with Crippen molar-refractivity contribution in [2.24, 2.45) is 0 Å². The molecule has 2 amide bonds. The van der Waals surface area contributed by atoms with Crippen LogP contribution in [0.5, 0.6) is 0 Å². The van der Waals surface area contributed by atoms with Gasteiger partial charge in [0.2, 0.25) is 5.91 Å². The Labute approximate surface area is 257 Å². The van der Waals surface area contributed by atoms with Crippen LogP contribution in [-0.2, 0) is 23.6 Å². The molecule has 0 saturated carbocycles. The lowest BCUT2D eigenvalue weighted by Crippen LogP contribution is -2.57. The predicted molar refractivity (Wildman–Crippen MR) is 155 cm³/mol. The van der Waals surface area contributed by atoms with Gasteiger partial charge in [0.25, 0.3) is 5.91 Å². The highest BCUT2D eigenvalue weighted by Crippen LogP contribution is 2.37. The summed E-state index contributed by atoms with van der Waals surface area (Å²) in [4.78, 5) is 33.2. The number of anilines is 1. The first-order valence-corrected chi connectivity index (χ1v) is 12.8. The van der Waals surface area contributed by atoms with Gasteiger partial charge in [0, 0.05) is 37.4 Å². The van der Waals surface area contributed by atoms with Gasteiger partial charge in [-0.05, 0) is 67.3 Å². The van der Waals surface area contributed by atoms with Crippen LogP contribution in [0.1, 0.15) is 38.2 Å². The number of nitrogens with one attached hydrogen (secondary N) is 1. The Morgan fingerprint density at radius 1 is 0.907 bits per heavy atom. The summed E-state index contributed by atoms with van der Waals surface area (Å²) in [5.41, 5.74) is -0.404. The van der Waals surface area contributed by atoms with E-state index in [1.54, 1.807) is 23.2 Å². The Hall–Kier alpha value is -3.35. The van der Waals surface area contributed by atoms with Gasteiger partial charge in [0.15, 0.2) is 0 Å². The second-order valence-corrected chi connectivity index (χ2v) is 10.1. The van der Waals surface area contributed by atoms with Gasteiger partial charge in [-0.3, -0.25) is 19.5 Å². The van der Waals surface area contributed by atoms with Crippen molar-refractivity contribution in [3.05, 3.63) is 94.3 Å². The molecule has 1 unspecified atom stereocenters. The highest BCUT2D eigenvalue weighted by atomic mass is 35.5. The summed E-state index contributed by atoms with van der Waals surface area (Å²) >= 11 is 0. The van der Waals surface area contributed by atoms with Crippen molar-refractivity contribution >= 4 is 42.3 Å². The molecule has 6 nitrogen and oxygen atoms in total. The van der Waals surface area contributed by atoms with Gasteiger partial charge in [-0.25, -0.2) is 0 Å². The summed E-state index contributed by atoms with van der Waals surface area (Å²) in [6.07, 6.45) is -6.81. The van der Waals surface area contributed by atoms with E-state index >= 15 is 0 Å². The number of carbonyl (C=O) groups excluding carboxylic acids is 2. The summed E-state index contributed by atoms with van der Waals surface area (Å²) in [6, 6.07) is 9.34. The highest BCUT2D eigenvalue weighted by Gasteiger charge is 2.39. The zero-order valence-electron chi connectivity index (χ0n) is 23.1. The summed E-state index contributed by atoms with van der Waals surface area (Å²) in [6.45, 7) is 4.21. The Morgan fingerprint density at radius 2 is 1.56 bits per heavy atom. The van der Waals surface area contributed by atoms with Gasteiger partial charge in [-0.1, -0.05) is 18.2 Å². The largest absolute Gasteiger partial charge is 0.416 e. The van der Waals surface area contributed by atoms with Crippen molar-refractivity contribution in [3.8, 4) is 0 Å². The van der Waals surface area contributed by atoms with E-state index in [2.05, 4.69) is 10.3 Å². The van der Waals surface area contributed by atoms with Gasteiger partial charge in [0.05, 0.1) is 29.6 Å². The van der Waals surface area contributed by atoms with E-state index in [9.17, 15) is 35.9 Å². The molecule has 0 spiro atoms. The maximum absolute atomic E-state index is 13.5. The quantitative estimate of drug-likeness (QED) is 0.306. The molecule has 234 valence electrons. The number of carbonyl (C=O) groups is 2. The third kappa shape index (κ3) is 9.32. The predicted octanol–water partition coefficient (Wildman–Crippen LogP) is 6.59. The van der Waals surface area contributed by atoms with E-state index in [1.807, 2.05) is 32.0 Å². The monoisotopic (exact) mass is 650 g/mol. The number of alkyl halides is 6. The molecule has 0 aliphatic carbocycles. The Morgan fingerprint density at radius 3 is 2.12 bits per heavy atom. The molecule has 1 saturated heterocycles. The minimum absolute atomic E-state index is 0. The van der Waals surface area contributed by atoms with E-state index in [1.165, 1.54) is 11.1 Å². The van der Waals surface area contributed by atoms with Crippen molar-refractivity contribution < 1.29 is 35.9 Å². The number of aromatic nitrogens is 1. The molecule has 0 radical (unpaired) electrons. The molecule has 3 aromatic rings. The van der Waals surface area contributed by atoms with E-state index in [0.717, 1.165) is 16.7 Å². The third-order valence-corrected chi connectivity index (χ3v) is 7.02. The zero-order valence-corrected chi connectivity index (χ0v) is 24.8. The number of piperazine rings is 1. The molecule has 1 N–H and O–H groups in total. The van der Waals surface area contributed by atoms with Crippen molar-refractivity contribution in [2.45, 2.75) is 38.7 Å². The van der Waals surface area contributed by atoms with Crippen LogP contribution in [-0.4, -0.2) is 58.8 Å². The molecule has 2 heterocycles. The lowest BCUT2D eigenvalue weighted by atomic mass is 9.97. The summed E-state index contributed by atoms with van der Waals surface area (Å²) in [7, 11) is 0. The lowest BCUT2D eigenvalue weighted by Gasteiger charge is -2.41. The number of benzene rings is 2. The fourth-order valence-electron chi connectivity index (χ4n) is 4.79. The number of hydrogen-bond acceptors (Lipinski definition) is 4. The molecule has 4 rings (SSSR count). The second-order valence-electron chi connectivity index (χ2n) is 10.1. The minimum atomic E-state index is -5.07. The third-order valence-electron chi connectivity index (χ3n) is 7.02. The van der Waals surface area contributed by atoms with Crippen LogP contribution in [0.4, 0.5) is 32.0 Å². The van der Waals surface area contributed by atoms with Gasteiger partial charge >= 0.3 is 12.4 Å². The SMILES string of the molecule is Cc1ccc(CC2CN(CC(=O)Nc3cccnc3)CCN2C(=O)c2cc(C(F)(F)F)cc(C(F)(F)F)c2)cc1C.Cl.Cl. The number of amides is 2. The van der Waals surface area contributed by atoms with Crippen LogP contribution >= 0.6 is 24.8 Å². The number of nitrogens with zero attached hydrogens (tertiary/aromatic N) is 3. The summed E-state index contributed by atoms with van der Waals surface area (Å²) in [5, 5.41) is 2.73. The van der Waals surface area contributed by atoms with Gasteiger partial charge in [0.1, 0.15) is 0 Å². The highest BCUT2D eigenvalue weighted by molar-refractivity contribution is 5.95. The number of hydrogen-bond donors (Lipinski definition) is 1. The molecular formula is C29H30Cl2F6N4O2. The smallest absolute Gasteiger partial charge is 0.333 e. The molecular weight excluding hydrogens is 621 g/mol. The Balaban J connectivity index is 0.00000323. The average Bonchev–Trinajstić information content (AvgIpc) is 2.90. The fraction of sp³-hybridized carbons (Fsp3) is 0.345. The molecule has 1 atom stereocenters. The number of aryl methyl sites for hydroxylation is 2. The molecule has 0 bridgehead atoms. The van der Waals surface area contributed by atoms with Crippen molar-refractivity contribution in [3.63, 3.8) is 0 Å². The number of halogens is 8. The molecule has 1 aromatic heterocycles. The number of pyridine rings is 1.